The van der Waals surface area contributed by atoms with Crippen LogP contribution in [0.5, 0.6) is 11.5 Å². The van der Waals surface area contributed by atoms with Gasteiger partial charge in [0.2, 0.25) is 5.91 Å². The minimum Gasteiger partial charge on any atom is -0.493 e. The molecule has 1 fully saturated rings. The van der Waals surface area contributed by atoms with E-state index in [0.29, 0.717) is 30.2 Å². The number of amides is 3. The number of nitrogens with one attached hydrogen (secondary N) is 1. The summed E-state index contributed by atoms with van der Waals surface area (Å²) in [4.78, 5) is 41.1. The Bertz CT molecular complexity index is 1330. The van der Waals surface area contributed by atoms with Gasteiger partial charge in [-0.2, -0.15) is 4.37 Å². The maximum absolute atomic E-state index is 14.1. The van der Waals surface area contributed by atoms with Crippen LogP contribution in [0.15, 0.2) is 48.5 Å². The van der Waals surface area contributed by atoms with Crippen LogP contribution in [0.4, 0.5) is 5.69 Å². The summed E-state index contributed by atoms with van der Waals surface area (Å²) >= 11 is 0.760. The van der Waals surface area contributed by atoms with E-state index in [0.717, 1.165) is 29.9 Å². The lowest BCUT2D eigenvalue weighted by Gasteiger charge is -2.32. The van der Waals surface area contributed by atoms with Crippen molar-refractivity contribution >= 4 is 34.9 Å². The summed E-state index contributed by atoms with van der Waals surface area (Å²) in [5.41, 5.74) is 12.5. The molecular weight excluding hydrogens is 522 g/mol. The van der Waals surface area contributed by atoms with E-state index in [1.807, 2.05) is 30.3 Å². The summed E-state index contributed by atoms with van der Waals surface area (Å²) in [6.07, 6.45) is 1.65. The molecule has 2 atom stereocenters. The SMILES string of the molecule is COc1ccc([C@H](C(=O)NC[C@H]2CCCO2)N(Cc2ccccc2)C(=O)c2snc(C(N)=O)c2N)cc1OC. The second-order valence-electron chi connectivity index (χ2n) is 8.95. The highest BCUT2D eigenvalue weighted by atomic mass is 32.1. The van der Waals surface area contributed by atoms with E-state index in [2.05, 4.69) is 9.69 Å². The Morgan fingerprint density at radius 1 is 1.15 bits per heavy atom. The van der Waals surface area contributed by atoms with Gasteiger partial charge in [-0.05, 0) is 47.6 Å². The number of primary amides is 1. The summed E-state index contributed by atoms with van der Waals surface area (Å²) in [5.74, 6) is -0.970. The van der Waals surface area contributed by atoms with Crippen LogP contribution in [-0.2, 0) is 16.1 Å². The third-order valence-corrected chi connectivity index (χ3v) is 7.27. The molecule has 4 rings (SSSR count). The summed E-state index contributed by atoms with van der Waals surface area (Å²) in [6, 6.07) is 13.2. The summed E-state index contributed by atoms with van der Waals surface area (Å²) in [7, 11) is 3.00. The van der Waals surface area contributed by atoms with E-state index in [1.54, 1.807) is 18.2 Å². The first-order valence-electron chi connectivity index (χ1n) is 12.3. The van der Waals surface area contributed by atoms with Gasteiger partial charge in [-0.1, -0.05) is 36.4 Å². The van der Waals surface area contributed by atoms with Crippen molar-refractivity contribution in [3.05, 3.63) is 70.2 Å². The number of ether oxygens (including phenoxy) is 3. The van der Waals surface area contributed by atoms with Crippen molar-refractivity contribution in [3.63, 3.8) is 0 Å². The lowest BCUT2D eigenvalue weighted by atomic mass is 10.0. The van der Waals surface area contributed by atoms with E-state index >= 15 is 0 Å². The van der Waals surface area contributed by atoms with Crippen LogP contribution in [0, 0.1) is 0 Å². The Morgan fingerprint density at radius 3 is 2.51 bits per heavy atom. The number of carbonyl (C=O) groups excluding carboxylic acids is 3. The minimum atomic E-state index is -1.10. The molecule has 2 heterocycles. The first-order valence-corrected chi connectivity index (χ1v) is 13.1. The highest BCUT2D eigenvalue weighted by Crippen LogP contribution is 2.35. The van der Waals surface area contributed by atoms with Crippen molar-refractivity contribution < 1.29 is 28.6 Å². The fraction of sp³-hybridized carbons (Fsp3) is 0.333. The number of carbonyl (C=O) groups is 3. The summed E-state index contributed by atoms with van der Waals surface area (Å²) < 4.78 is 20.5. The molecule has 5 N–H and O–H groups in total. The number of methoxy groups -OCH3 is 2. The number of hydrogen-bond acceptors (Lipinski definition) is 9. The van der Waals surface area contributed by atoms with Gasteiger partial charge in [-0.3, -0.25) is 14.4 Å². The predicted octanol–water partition coefficient (Wildman–Crippen LogP) is 2.52. The molecule has 0 spiro atoms. The Hall–Kier alpha value is -4.16. The van der Waals surface area contributed by atoms with Gasteiger partial charge in [-0.25, -0.2) is 0 Å². The number of benzene rings is 2. The molecule has 12 heteroatoms. The van der Waals surface area contributed by atoms with Crippen LogP contribution < -0.4 is 26.3 Å². The van der Waals surface area contributed by atoms with Gasteiger partial charge in [0.1, 0.15) is 10.9 Å². The average Bonchev–Trinajstić information content (AvgIpc) is 3.61. The van der Waals surface area contributed by atoms with Crippen LogP contribution in [-0.4, -0.2) is 60.5 Å². The molecule has 3 amide bonds. The van der Waals surface area contributed by atoms with Crippen molar-refractivity contribution in [2.24, 2.45) is 5.73 Å². The van der Waals surface area contributed by atoms with Crippen LogP contribution in [0.2, 0.25) is 0 Å². The molecule has 1 aliphatic rings. The average molecular weight is 554 g/mol. The maximum atomic E-state index is 14.1. The quantitative estimate of drug-likeness (QED) is 0.327. The number of rotatable bonds is 11. The Balaban J connectivity index is 1.80. The van der Waals surface area contributed by atoms with Gasteiger partial charge in [0.15, 0.2) is 17.2 Å². The zero-order valence-corrected chi connectivity index (χ0v) is 22.5. The highest BCUT2D eigenvalue weighted by molar-refractivity contribution is 7.09. The molecule has 39 heavy (non-hydrogen) atoms. The van der Waals surface area contributed by atoms with E-state index < -0.39 is 23.8 Å². The monoisotopic (exact) mass is 553 g/mol. The van der Waals surface area contributed by atoms with Crippen molar-refractivity contribution in [1.29, 1.82) is 0 Å². The second-order valence-corrected chi connectivity index (χ2v) is 9.73. The second kappa shape index (κ2) is 12.6. The Kier molecular flexibility index (Phi) is 8.99. The molecule has 0 saturated carbocycles. The van der Waals surface area contributed by atoms with E-state index in [9.17, 15) is 14.4 Å². The summed E-state index contributed by atoms with van der Waals surface area (Å²) in [5, 5.41) is 2.95. The Labute approximate surface area is 230 Å². The van der Waals surface area contributed by atoms with Gasteiger partial charge in [0.25, 0.3) is 11.8 Å². The van der Waals surface area contributed by atoms with Crippen molar-refractivity contribution in [1.82, 2.24) is 14.6 Å². The normalized spacial score (nSPS) is 15.4. The van der Waals surface area contributed by atoms with E-state index in [-0.39, 0.29) is 28.9 Å². The highest BCUT2D eigenvalue weighted by Gasteiger charge is 2.36. The molecule has 0 bridgehead atoms. The number of aromatic nitrogens is 1. The van der Waals surface area contributed by atoms with Crippen molar-refractivity contribution in [2.45, 2.75) is 31.5 Å². The number of anilines is 1. The van der Waals surface area contributed by atoms with Crippen LogP contribution in [0.3, 0.4) is 0 Å². The Morgan fingerprint density at radius 2 is 1.90 bits per heavy atom. The number of hydrogen-bond donors (Lipinski definition) is 3. The van der Waals surface area contributed by atoms with Gasteiger partial charge in [-0.15, -0.1) is 0 Å². The maximum Gasteiger partial charge on any atom is 0.270 e. The molecule has 11 nitrogen and oxygen atoms in total. The third-order valence-electron chi connectivity index (χ3n) is 6.42. The summed E-state index contributed by atoms with van der Waals surface area (Å²) in [6.45, 7) is 1.00. The van der Waals surface area contributed by atoms with E-state index in [4.69, 9.17) is 25.7 Å². The van der Waals surface area contributed by atoms with Crippen LogP contribution >= 0.6 is 11.5 Å². The van der Waals surface area contributed by atoms with Gasteiger partial charge in [0.05, 0.1) is 26.0 Å². The molecular formula is C27H31N5O6S. The molecule has 1 saturated heterocycles. The molecule has 1 aliphatic heterocycles. The molecule has 2 aromatic carbocycles. The molecule has 0 radical (unpaired) electrons. The van der Waals surface area contributed by atoms with Crippen molar-refractivity contribution in [3.8, 4) is 11.5 Å². The molecule has 0 unspecified atom stereocenters. The van der Waals surface area contributed by atoms with E-state index in [1.165, 1.54) is 19.1 Å². The largest absolute Gasteiger partial charge is 0.493 e. The molecule has 0 aliphatic carbocycles. The number of nitrogens with two attached hydrogens (primary N) is 2. The zero-order valence-electron chi connectivity index (χ0n) is 21.7. The number of nitrogens with zero attached hydrogens (tertiary/aromatic N) is 2. The fourth-order valence-electron chi connectivity index (χ4n) is 4.43. The first kappa shape index (κ1) is 27.9. The topological polar surface area (TPSA) is 159 Å². The number of nitrogen functional groups attached to an aromatic ring is 1. The zero-order chi connectivity index (χ0) is 27.9. The molecule has 206 valence electrons. The lowest BCUT2D eigenvalue weighted by molar-refractivity contribution is -0.126. The van der Waals surface area contributed by atoms with Gasteiger partial charge in [0, 0.05) is 19.7 Å². The fourth-order valence-corrected chi connectivity index (χ4v) is 5.19. The first-order chi connectivity index (χ1) is 18.8. The van der Waals surface area contributed by atoms with Gasteiger partial charge >= 0.3 is 0 Å². The van der Waals surface area contributed by atoms with Gasteiger partial charge < -0.3 is 35.9 Å². The minimum absolute atomic E-state index is 0.0112. The predicted molar refractivity (Wildman–Crippen MR) is 146 cm³/mol. The standard InChI is InChI=1S/C27H31N5O6S/c1-36-19-11-10-17(13-20(19)37-2)23(26(34)30-14-18-9-6-12-38-18)32(15-16-7-4-3-5-8-16)27(35)24-21(28)22(25(29)33)31-39-24/h3-5,7-8,10-11,13,18,23H,6,9,12,14-15,28H2,1-2H3,(H2,29,33)(H,30,34)/t18-,23-/m1/s1. The lowest BCUT2D eigenvalue weighted by Crippen LogP contribution is -2.45. The molecule has 1 aromatic heterocycles. The van der Waals surface area contributed by atoms with Crippen LogP contribution in [0.25, 0.3) is 0 Å². The van der Waals surface area contributed by atoms with Crippen molar-refractivity contribution in [2.75, 3.05) is 33.1 Å². The molecule has 3 aromatic rings. The third kappa shape index (κ3) is 6.29. The smallest absolute Gasteiger partial charge is 0.270 e. The van der Waals surface area contributed by atoms with Crippen LogP contribution in [0.1, 0.15) is 50.2 Å².